The van der Waals surface area contributed by atoms with Crippen LogP contribution >= 0.6 is 0 Å². The van der Waals surface area contributed by atoms with Gasteiger partial charge in [0.25, 0.3) is 0 Å². The minimum absolute atomic E-state index is 0.0328. The lowest BCUT2D eigenvalue weighted by molar-refractivity contribution is -0.137. The third-order valence-electron chi connectivity index (χ3n) is 3.32. The Hall–Kier alpha value is -2.07. The van der Waals surface area contributed by atoms with E-state index < -0.39 is 35.4 Å². The number of carbonyl (C=O) groups is 1. The molecule has 1 amide bonds. The van der Waals surface area contributed by atoms with Crippen LogP contribution in [0.25, 0.3) is 0 Å². The monoisotopic (exact) mass is 284 g/mol. The highest BCUT2D eigenvalue weighted by Crippen LogP contribution is 2.36. The number of halogens is 3. The summed E-state index contributed by atoms with van der Waals surface area (Å²) in [7, 11) is 0. The molecule has 7 heteroatoms. The van der Waals surface area contributed by atoms with Gasteiger partial charge in [0.2, 0.25) is 5.91 Å². The Morgan fingerprint density at radius 2 is 2.10 bits per heavy atom. The van der Waals surface area contributed by atoms with Crippen LogP contribution in [0.2, 0.25) is 0 Å². The summed E-state index contributed by atoms with van der Waals surface area (Å²) in [6.45, 7) is 1.56. The molecule has 0 aromatic heterocycles. The van der Waals surface area contributed by atoms with Gasteiger partial charge in [-0.25, -0.2) is 0 Å². The maximum absolute atomic E-state index is 12.9. The minimum atomic E-state index is -4.67. The van der Waals surface area contributed by atoms with Crippen LogP contribution in [0.3, 0.4) is 0 Å². The first kappa shape index (κ1) is 14.3. The van der Waals surface area contributed by atoms with Crippen molar-refractivity contribution in [2.45, 2.75) is 31.7 Å². The van der Waals surface area contributed by atoms with Crippen LogP contribution in [0.15, 0.2) is 18.2 Å². The lowest BCUT2D eigenvalue weighted by Gasteiger charge is -2.24. The number of alkyl halides is 3. The van der Waals surface area contributed by atoms with E-state index in [1.54, 1.807) is 6.92 Å². The van der Waals surface area contributed by atoms with Crippen LogP contribution < -0.4 is 4.90 Å². The van der Waals surface area contributed by atoms with Gasteiger partial charge in [-0.3, -0.25) is 4.79 Å². The van der Waals surface area contributed by atoms with E-state index >= 15 is 0 Å². The fraction of sp³-hybridized carbons (Fsp3) is 0.385. The molecule has 0 saturated carbocycles. The van der Waals surface area contributed by atoms with E-state index in [2.05, 4.69) is 0 Å². The molecule has 2 rings (SSSR count). The van der Waals surface area contributed by atoms with Crippen LogP contribution in [-0.4, -0.2) is 23.2 Å². The first-order valence-corrected chi connectivity index (χ1v) is 5.87. The van der Waals surface area contributed by atoms with E-state index in [0.29, 0.717) is 0 Å². The average Bonchev–Trinajstić information content (AvgIpc) is 2.61. The Morgan fingerprint density at radius 3 is 2.55 bits per heavy atom. The number of hydrogen-bond donors (Lipinski definition) is 1. The van der Waals surface area contributed by atoms with Crippen molar-refractivity contribution in [3.8, 4) is 6.07 Å². The Morgan fingerprint density at radius 1 is 1.45 bits per heavy atom. The van der Waals surface area contributed by atoms with Crippen molar-refractivity contribution in [3.63, 3.8) is 0 Å². The molecule has 2 atom stereocenters. The van der Waals surface area contributed by atoms with E-state index in [-0.39, 0.29) is 12.1 Å². The smallest absolute Gasteiger partial charge is 0.390 e. The van der Waals surface area contributed by atoms with Gasteiger partial charge in [0, 0.05) is 5.69 Å². The summed E-state index contributed by atoms with van der Waals surface area (Å²) in [6.07, 6.45) is -5.71. The van der Waals surface area contributed by atoms with Gasteiger partial charge < -0.3 is 10.0 Å². The molecular weight excluding hydrogens is 273 g/mol. The molecule has 106 valence electrons. The maximum Gasteiger partial charge on any atom is 0.417 e. The highest BCUT2D eigenvalue weighted by molar-refractivity contribution is 5.97. The Labute approximate surface area is 113 Å². The normalized spacial score (nSPS) is 23.0. The average molecular weight is 284 g/mol. The van der Waals surface area contributed by atoms with Crippen molar-refractivity contribution < 1.29 is 23.1 Å². The number of benzene rings is 1. The molecule has 1 heterocycles. The summed E-state index contributed by atoms with van der Waals surface area (Å²) in [5, 5.41) is 18.3. The standard InChI is InChI=1S/C13H11F3N2O2/c1-7-11(19)5-12(20)18(7)9-3-2-8(6-17)10(4-9)13(14,15)16/h2-4,7,11,19H,5H2,1H3. The van der Waals surface area contributed by atoms with Crippen LogP contribution in [0, 0.1) is 11.3 Å². The zero-order valence-electron chi connectivity index (χ0n) is 10.5. The number of anilines is 1. The van der Waals surface area contributed by atoms with E-state index in [9.17, 15) is 23.1 Å². The highest BCUT2D eigenvalue weighted by atomic mass is 19.4. The Balaban J connectivity index is 2.50. The second kappa shape index (κ2) is 4.80. The maximum atomic E-state index is 12.9. The molecular formula is C13H11F3N2O2. The summed E-state index contributed by atoms with van der Waals surface area (Å²) in [5.41, 5.74) is -1.55. The molecule has 1 N–H and O–H groups in total. The fourth-order valence-corrected chi connectivity index (χ4v) is 2.24. The topological polar surface area (TPSA) is 64.3 Å². The van der Waals surface area contributed by atoms with Gasteiger partial charge >= 0.3 is 6.18 Å². The van der Waals surface area contributed by atoms with E-state index in [4.69, 9.17) is 5.26 Å². The van der Waals surface area contributed by atoms with Gasteiger partial charge in [-0.1, -0.05) is 0 Å². The van der Waals surface area contributed by atoms with Crippen LogP contribution in [0.5, 0.6) is 0 Å². The van der Waals surface area contributed by atoms with Gasteiger partial charge in [-0.15, -0.1) is 0 Å². The summed E-state index contributed by atoms with van der Waals surface area (Å²) < 4.78 is 38.6. The van der Waals surface area contributed by atoms with Gasteiger partial charge in [0.1, 0.15) is 0 Å². The van der Waals surface area contributed by atoms with Gasteiger partial charge in [-0.2, -0.15) is 18.4 Å². The van der Waals surface area contributed by atoms with Crippen molar-refractivity contribution in [1.82, 2.24) is 0 Å². The lowest BCUT2D eigenvalue weighted by Crippen LogP contribution is -2.34. The number of carbonyl (C=O) groups excluding carboxylic acids is 1. The lowest BCUT2D eigenvalue weighted by atomic mass is 10.1. The molecule has 20 heavy (non-hydrogen) atoms. The summed E-state index contributed by atoms with van der Waals surface area (Å²) in [5.74, 6) is -0.442. The number of hydrogen-bond acceptors (Lipinski definition) is 3. The molecule has 1 fully saturated rings. The SMILES string of the molecule is CC1C(O)CC(=O)N1c1ccc(C#N)c(C(F)(F)F)c1. The number of aliphatic hydroxyl groups excluding tert-OH is 1. The number of amides is 1. The van der Waals surface area contributed by atoms with Crippen molar-refractivity contribution in [2.24, 2.45) is 0 Å². The summed E-state index contributed by atoms with van der Waals surface area (Å²) >= 11 is 0. The molecule has 0 spiro atoms. The highest BCUT2D eigenvalue weighted by Gasteiger charge is 2.39. The molecule has 0 bridgehead atoms. The number of nitriles is 1. The van der Waals surface area contributed by atoms with E-state index in [1.165, 1.54) is 12.1 Å². The predicted molar refractivity (Wildman–Crippen MR) is 63.7 cm³/mol. The molecule has 1 aliphatic rings. The van der Waals surface area contributed by atoms with Crippen LogP contribution in [0.1, 0.15) is 24.5 Å². The first-order valence-electron chi connectivity index (χ1n) is 5.87. The van der Waals surface area contributed by atoms with Crippen molar-refractivity contribution >= 4 is 11.6 Å². The molecule has 1 aromatic carbocycles. The van der Waals surface area contributed by atoms with E-state index in [1.807, 2.05) is 0 Å². The zero-order chi connectivity index (χ0) is 15.1. The molecule has 1 aliphatic heterocycles. The molecule has 1 saturated heterocycles. The Kier molecular flexibility index (Phi) is 3.44. The number of rotatable bonds is 1. The van der Waals surface area contributed by atoms with Crippen LogP contribution in [-0.2, 0) is 11.0 Å². The zero-order valence-corrected chi connectivity index (χ0v) is 10.5. The largest absolute Gasteiger partial charge is 0.417 e. The third-order valence-corrected chi connectivity index (χ3v) is 3.32. The summed E-state index contributed by atoms with van der Waals surface area (Å²) in [6, 6.07) is 3.96. The van der Waals surface area contributed by atoms with Crippen molar-refractivity contribution in [3.05, 3.63) is 29.3 Å². The molecule has 0 radical (unpaired) electrons. The number of aliphatic hydroxyl groups is 1. The number of nitrogens with zero attached hydrogens (tertiary/aromatic N) is 2. The summed E-state index contributed by atoms with van der Waals surface area (Å²) in [4.78, 5) is 12.9. The van der Waals surface area contributed by atoms with Gasteiger partial charge in [0.05, 0.1) is 35.8 Å². The minimum Gasteiger partial charge on any atom is -0.390 e. The Bertz CT molecular complexity index is 592. The predicted octanol–water partition coefficient (Wildman–Crippen LogP) is 2.06. The molecule has 2 unspecified atom stereocenters. The first-order chi connectivity index (χ1) is 9.25. The van der Waals surface area contributed by atoms with Crippen molar-refractivity contribution in [1.29, 1.82) is 5.26 Å². The van der Waals surface area contributed by atoms with E-state index in [0.717, 1.165) is 17.0 Å². The third kappa shape index (κ3) is 2.34. The molecule has 0 aliphatic carbocycles. The molecule has 4 nitrogen and oxygen atoms in total. The van der Waals surface area contributed by atoms with Gasteiger partial charge in [0.15, 0.2) is 0 Å². The van der Waals surface area contributed by atoms with Crippen molar-refractivity contribution in [2.75, 3.05) is 4.90 Å². The fourth-order valence-electron chi connectivity index (χ4n) is 2.24. The van der Waals surface area contributed by atoms with Gasteiger partial charge in [-0.05, 0) is 25.1 Å². The van der Waals surface area contributed by atoms with Crippen LogP contribution in [0.4, 0.5) is 18.9 Å². The molecule has 1 aromatic rings. The second-order valence-electron chi connectivity index (χ2n) is 4.62. The second-order valence-corrected chi connectivity index (χ2v) is 4.62. The quantitative estimate of drug-likeness (QED) is 0.858.